The Hall–Kier alpha value is -3.04. The monoisotopic (exact) mass is 483 g/mol. The number of amides is 2. The Morgan fingerprint density at radius 1 is 1.09 bits per heavy atom. The van der Waals surface area contributed by atoms with E-state index in [0.29, 0.717) is 25.6 Å². The van der Waals surface area contributed by atoms with Crippen LogP contribution in [0.4, 0.5) is 5.82 Å². The predicted octanol–water partition coefficient (Wildman–Crippen LogP) is 1.80. The van der Waals surface area contributed by atoms with Gasteiger partial charge in [0, 0.05) is 50.9 Å². The van der Waals surface area contributed by atoms with E-state index in [0.717, 1.165) is 48.4 Å². The maximum atomic E-state index is 12.6. The molecule has 9 heteroatoms. The van der Waals surface area contributed by atoms with Gasteiger partial charge in [-0.3, -0.25) is 9.59 Å². The molecule has 1 saturated heterocycles. The number of carbonyl (C=O) groups excluding carboxylic acids is 2. The van der Waals surface area contributed by atoms with Crippen molar-refractivity contribution in [2.45, 2.75) is 65.3 Å². The fourth-order valence-electron chi connectivity index (χ4n) is 4.55. The van der Waals surface area contributed by atoms with Crippen LogP contribution in [0.3, 0.4) is 0 Å². The van der Waals surface area contributed by atoms with Crippen LogP contribution in [0.1, 0.15) is 49.8 Å². The number of aliphatic hydroxyl groups is 2. The Kier molecular flexibility index (Phi) is 9.56. The highest BCUT2D eigenvalue weighted by Crippen LogP contribution is 2.24. The molecular formula is C26H37N5O4. The molecule has 2 aromatic rings. The molecule has 2 atom stereocenters. The van der Waals surface area contributed by atoms with Crippen molar-refractivity contribution in [1.82, 2.24) is 20.2 Å². The van der Waals surface area contributed by atoms with Crippen LogP contribution in [0.2, 0.25) is 0 Å². The van der Waals surface area contributed by atoms with Crippen molar-refractivity contribution < 1.29 is 19.8 Å². The van der Waals surface area contributed by atoms with E-state index < -0.39 is 24.0 Å². The van der Waals surface area contributed by atoms with E-state index in [1.807, 2.05) is 45.0 Å². The summed E-state index contributed by atoms with van der Waals surface area (Å²) in [5.41, 5.74) is 3.15. The van der Waals surface area contributed by atoms with Gasteiger partial charge in [-0.1, -0.05) is 38.1 Å². The van der Waals surface area contributed by atoms with Crippen LogP contribution in [-0.4, -0.2) is 68.7 Å². The van der Waals surface area contributed by atoms with Gasteiger partial charge in [0.2, 0.25) is 5.91 Å². The number of aromatic nitrogens is 2. The molecule has 2 aliphatic rings. The molecular weight excluding hydrogens is 446 g/mol. The molecule has 3 N–H and O–H groups in total. The van der Waals surface area contributed by atoms with Gasteiger partial charge in [0.1, 0.15) is 24.4 Å². The summed E-state index contributed by atoms with van der Waals surface area (Å²) in [4.78, 5) is 37.1. The largest absolute Gasteiger partial charge is 0.383 e. The number of hydrogen-bond acceptors (Lipinski definition) is 7. The smallest absolute Gasteiger partial charge is 0.252 e. The number of benzene rings is 1. The second-order valence-electron chi connectivity index (χ2n) is 8.94. The standard InChI is InChI=1S/C24H31N5O4.C2H6/c1-16-11-25-15-27-22(16)28-8-6-17(7-9-28)12-26-23(32)20(30)10-21(31)24(33)29-13-18-4-2-3-5-19(18)14-29;1-2/h2-5,11,15,17,20-21,30-31H,6-10,12-14H2,1H3,(H,26,32);1-2H3. The lowest BCUT2D eigenvalue weighted by Crippen LogP contribution is -2.44. The van der Waals surface area contributed by atoms with E-state index in [1.165, 1.54) is 0 Å². The fourth-order valence-corrected chi connectivity index (χ4v) is 4.55. The number of anilines is 1. The molecule has 35 heavy (non-hydrogen) atoms. The third-order valence-electron chi connectivity index (χ3n) is 6.53. The molecule has 9 nitrogen and oxygen atoms in total. The van der Waals surface area contributed by atoms with E-state index in [4.69, 9.17) is 0 Å². The van der Waals surface area contributed by atoms with Gasteiger partial charge in [-0.25, -0.2) is 9.97 Å². The van der Waals surface area contributed by atoms with E-state index in [1.54, 1.807) is 17.4 Å². The van der Waals surface area contributed by atoms with Crippen LogP contribution in [-0.2, 0) is 22.7 Å². The number of hydrogen-bond donors (Lipinski definition) is 3. The van der Waals surface area contributed by atoms with Crippen molar-refractivity contribution in [2.75, 3.05) is 24.5 Å². The highest BCUT2D eigenvalue weighted by Gasteiger charge is 2.31. The van der Waals surface area contributed by atoms with Crippen LogP contribution in [0.25, 0.3) is 0 Å². The highest BCUT2D eigenvalue weighted by molar-refractivity contribution is 5.84. The summed E-state index contributed by atoms with van der Waals surface area (Å²) >= 11 is 0. The first-order valence-corrected chi connectivity index (χ1v) is 12.4. The first kappa shape index (κ1) is 26.6. The van der Waals surface area contributed by atoms with Crippen molar-refractivity contribution >= 4 is 17.6 Å². The third kappa shape index (κ3) is 6.76. The number of rotatable bonds is 7. The maximum absolute atomic E-state index is 12.6. The Labute approximate surface area is 207 Å². The lowest BCUT2D eigenvalue weighted by atomic mass is 9.96. The van der Waals surface area contributed by atoms with Crippen LogP contribution in [0.5, 0.6) is 0 Å². The van der Waals surface area contributed by atoms with E-state index in [2.05, 4.69) is 20.2 Å². The average Bonchev–Trinajstić information content (AvgIpc) is 3.33. The number of fused-ring (bicyclic) bond motifs is 1. The van der Waals surface area contributed by atoms with Crippen molar-refractivity contribution in [3.05, 3.63) is 53.5 Å². The molecule has 1 aromatic heterocycles. The van der Waals surface area contributed by atoms with Crippen molar-refractivity contribution in [1.29, 1.82) is 0 Å². The summed E-state index contributed by atoms with van der Waals surface area (Å²) in [5.74, 6) is 0.225. The summed E-state index contributed by atoms with van der Waals surface area (Å²) in [6.07, 6.45) is 1.99. The molecule has 1 fully saturated rings. The Morgan fingerprint density at radius 3 is 2.31 bits per heavy atom. The predicted molar refractivity (Wildman–Crippen MR) is 133 cm³/mol. The zero-order valence-electron chi connectivity index (χ0n) is 20.9. The van der Waals surface area contributed by atoms with Crippen molar-refractivity contribution in [3.63, 3.8) is 0 Å². The fraction of sp³-hybridized carbons (Fsp3) is 0.538. The number of nitrogens with one attached hydrogen (secondary N) is 1. The van der Waals surface area contributed by atoms with Crippen LogP contribution < -0.4 is 10.2 Å². The molecule has 0 saturated carbocycles. The molecule has 1 aromatic carbocycles. The topological polar surface area (TPSA) is 119 Å². The number of piperidine rings is 1. The molecule has 4 rings (SSSR count). The number of aryl methyl sites for hydroxylation is 1. The van der Waals surface area contributed by atoms with E-state index in [9.17, 15) is 19.8 Å². The number of nitrogens with zero attached hydrogens (tertiary/aromatic N) is 4. The van der Waals surface area contributed by atoms with Crippen molar-refractivity contribution in [3.8, 4) is 0 Å². The molecule has 2 aliphatic heterocycles. The lowest BCUT2D eigenvalue weighted by molar-refractivity contribution is -0.144. The molecule has 2 unspecified atom stereocenters. The molecule has 0 radical (unpaired) electrons. The Morgan fingerprint density at radius 2 is 1.71 bits per heavy atom. The molecule has 2 amide bonds. The first-order valence-electron chi connectivity index (χ1n) is 12.4. The van der Waals surface area contributed by atoms with Crippen LogP contribution >= 0.6 is 0 Å². The molecule has 190 valence electrons. The molecule has 3 heterocycles. The van der Waals surface area contributed by atoms with Gasteiger partial charge in [0.05, 0.1) is 0 Å². The summed E-state index contributed by atoms with van der Waals surface area (Å²) < 4.78 is 0. The minimum absolute atomic E-state index is 0.300. The van der Waals surface area contributed by atoms with Gasteiger partial charge in [-0.05, 0) is 36.8 Å². The van der Waals surface area contributed by atoms with Gasteiger partial charge >= 0.3 is 0 Å². The minimum Gasteiger partial charge on any atom is -0.383 e. The summed E-state index contributed by atoms with van der Waals surface area (Å²) in [5, 5.41) is 23.3. The molecule has 0 bridgehead atoms. The third-order valence-corrected chi connectivity index (χ3v) is 6.53. The second-order valence-corrected chi connectivity index (χ2v) is 8.94. The molecule has 0 spiro atoms. The van der Waals surface area contributed by atoms with Gasteiger partial charge in [-0.2, -0.15) is 0 Å². The average molecular weight is 484 g/mol. The number of carbonyl (C=O) groups is 2. The first-order chi connectivity index (χ1) is 16.9. The van der Waals surface area contributed by atoms with Crippen molar-refractivity contribution in [2.24, 2.45) is 5.92 Å². The van der Waals surface area contributed by atoms with E-state index >= 15 is 0 Å². The quantitative estimate of drug-likeness (QED) is 0.549. The summed E-state index contributed by atoms with van der Waals surface area (Å²) in [6, 6.07) is 7.74. The van der Waals surface area contributed by atoms with Crippen LogP contribution in [0.15, 0.2) is 36.8 Å². The maximum Gasteiger partial charge on any atom is 0.252 e. The van der Waals surface area contributed by atoms with E-state index in [-0.39, 0.29) is 6.42 Å². The SMILES string of the molecule is CC.Cc1cncnc1N1CCC(CNC(=O)C(O)CC(O)C(=O)N2Cc3ccccc3C2)CC1. The minimum atomic E-state index is -1.43. The summed E-state index contributed by atoms with van der Waals surface area (Å²) in [6.45, 7) is 8.99. The zero-order valence-corrected chi connectivity index (χ0v) is 20.9. The normalized spacial score (nSPS) is 17.2. The zero-order chi connectivity index (χ0) is 25.4. The molecule has 0 aliphatic carbocycles. The van der Waals surface area contributed by atoms with Crippen LogP contribution in [0, 0.1) is 12.8 Å². The van der Waals surface area contributed by atoms with Gasteiger partial charge < -0.3 is 25.3 Å². The van der Waals surface area contributed by atoms with Gasteiger partial charge in [-0.15, -0.1) is 0 Å². The van der Waals surface area contributed by atoms with Gasteiger partial charge in [0.15, 0.2) is 0 Å². The highest BCUT2D eigenvalue weighted by atomic mass is 16.3. The lowest BCUT2D eigenvalue weighted by Gasteiger charge is -2.33. The summed E-state index contributed by atoms with van der Waals surface area (Å²) in [7, 11) is 0. The van der Waals surface area contributed by atoms with Gasteiger partial charge in [0.25, 0.3) is 5.91 Å². The second kappa shape index (κ2) is 12.6. The Balaban J connectivity index is 0.00000167. The Bertz CT molecular complexity index is 968. The number of aliphatic hydroxyl groups excluding tert-OH is 2.